The number of aromatic nitrogens is 2. The van der Waals surface area contributed by atoms with E-state index in [0.29, 0.717) is 17.8 Å². The first-order valence-electron chi connectivity index (χ1n) is 5.31. The van der Waals surface area contributed by atoms with Crippen LogP contribution in [0.4, 0.5) is 5.69 Å². The molecule has 0 N–H and O–H groups in total. The van der Waals surface area contributed by atoms with Crippen molar-refractivity contribution in [3.8, 4) is 6.07 Å². The summed E-state index contributed by atoms with van der Waals surface area (Å²) >= 11 is 0. The van der Waals surface area contributed by atoms with E-state index in [4.69, 9.17) is 5.26 Å². The molecule has 1 aromatic heterocycles. The van der Waals surface area contributed by atoms with Gasteiger partial charge in [0, 0.05) is 30.4 Å². The van der Waals surface area contributed by atoms with E-state index < -0.39 is 4.92 Å². The summed E-state index contributed by atoms with van der Waals surface area (Å²) in [6, 6.07) is 8.56. The normalized spacial score (nSPS) is 9.94. The van der Waals surface area contributed by atoms with Crippen molar-refractivity contribution in [3.05, 3.63) is 58.2 Å². The lowest BCUT2D eigenvalue weighted by Crippen LogP contribution is -2.04. The predicted molar refractivity (Wildman–Crippen MR) is 63.7 cm³/mol. The third-order valence-corrected chi connectivity index (χ3v) is 2.58. The minimum Gasteiger partial charge on any atom is -0.321 e. The summed E-state index contributed by atoms with van der Waals surface area (Å²) < 4.78 is 1.68. The zero-order valence-corrected chi connectivity index (χ0v) is 9.48. The van der Waals surface area contributed by atoms with E-state index >= 15 is 0 Å². The van der Waals surface area contributed by atoms with Crippen molar-refractivity contribution >= 4 is 5.69 Å². The van der Waals surface area contributed by atoms with Crippen LogP contribution in [-0.4, -0.2) is 14.5 Å². The standard InChI is InChI=1S/C12H10N4O2/c13-5-7-15-8-6-14-12(15)9-10-3-1-2-4-11(10)16(17)18/h1-4,6,8H,7,9H2. The van der Waals surface area contributed by atoms with E-state index in [2.05, 4.69) is 4.98 Å². The zero-order valence-electron chi connectivity index (χ0n) is 9.48. The molecule has 0 spiro atoms. The molecular weight excluding hydrogens is 232 g/mol. The van der Waals surface area contributed by atoms with Crippen LogP contribution in [0.2, 0.25) is 0 Å². The Bertz CT molecular complexity index is 613. The number of para-hydroxylation sites is 1. The molecule has 6 heteroatoms. The topological polar surface area (TPSA) is 84.8 Å². The van der Waals surface area contributed by atoms with Crippen LogP contribution in [-0.2, 0) is 13.0 Å². The van der Waals surface area contributed by atoms with E-state index in [1.165, 1.54) is 6.07 Å². The first kappa shape index (κ1) is 11.8. The largest absolute Gasteiger partial charge is 0.321 e. The molecule has 0 aliphatic carbocycles. The van der Waals surface area contributed by atoms with E-state index in [1.54, 1.807) is 35.2 Å². The summed E-state index contributed by atoms with van der Waals surface area (Å²) in [7, 11) is 0. The highest BCUT2D eigenvalue weighted by atomic mass is 16.6. The van der Waals surface area contributed by atoms with Crippen LogP contribution < -0.4 is 0 Å². The van der Waals surface area contributed by atoms with Crippen LogP contribution in [0.15, 0.2) is 36.7 Å². The van der Waals surface area contributed by atoms with Gasteiger partial charge in [0.1, 0.15) is 12.4 Å². The number of hydrogen-bond donors (Lipinski definition) is 0. The highest BCUT2D eigenvalue weighted by Crippen LogP contribution is 2.20. The lowest BCUT2D eigenvalue weighted by Gasteiger charge is -2.04. The van der Waals surface area contributed by atoms with Crippen molar-refractivity contribution < 1.29 is 4.92 Å². The molecule has 0 fully saturated rings. The number of nitrogens with zero attached hydrogens (tertiary/aromatic N) is 4. The minimum atomic E-state index is -0.410. The fourth-order valence-corrected chi connectivity index (χ4v) is 1.74. The van der Waals surface area contributed by atoms with Gasteiger partial charge in [0.15, 0.2) is 0 Å². The second-order valence-electron chi connectivity index (χ2n) is 3.69. The molecule has 0 unspecified atom stereocenters. The molecule has 0 radical (unpaired) electrons. The van der Waals surface area contributed by atoms with Gasteiger partial charge < -0.3 is 4.57 Å². The van der Waals surface area contributed by atoms with Crippen molar-refractivity contribution in [2.45, 2.75) is 13.0 Å². The molecule has 0 saturated carbocycles. The van der Waals surface area contributed by atoms with Gasteiger partial charge in [-0.25, -0.2) is 4.98 Å². The summed E-state index contributed by atoms with van der Waals surface area (Å²) in [5.74, 6) is 0.644. The molecule has 0 saturated heterocycles. The molecular formula is C12H10N4O2. The Balaban J connectivity index is 2.32. The number of benzene rings is 1. The lowest BCUT2D eigenvalue weighted by molar-refractivity contribution is -0.385. The smallest absolute Gasteiger partial charge is 0.273 e. The quantitative estimate of drug-likeness (QED) is 0.605. The molecule has 0 aliphatic heterocycles. The molecule has 2 rings (SSSR count). The van der Waals surface area contributed by atoms with Gasteiger partial charge in [-0.2, -0.15) is 5.26 Å². The maximum atomic E-state index is 10.9. The molecule has 0 bridgehead atoms. The van der Waals surface area contributed by atoms with Crippen LogP contribution in [0.1, 0.15) is 11.4 Å². The maximum absolute atomic E-state index is 10.9. The van der Waals surface area contributed by atoms with Gasteiger partial charge >= 0.3 is 0 Å². The second-order valence-corrected chi connectivity index (χ2v) is 3.69. The Labute approximate surface area is 103 Å². The highest BCUT2D eigenvalue weighted by molar-refractivity contribution is 5.41. The van der Waals surface area contributed by atoms with Crippen molar-refractivity contribution in [1.29, 1.82) is 5.26 Å². The highest BCUT2D eigenvalue weighted by Gasteiger charge is 2.14. The van der Waals surface area contributed by atoms with Crippen LogP contribution >= 0.6 is 0 Å². The zero-order chi connectivity index (χ0) is 13.0. The molecule has 18 heavy (non-hydrogen) atoms. The van der Waals surface area contributed by atoms with Gasteiger partial charge in [0.05, 0.1) is 11.0 Å². The van der Waals surface area contributed by atoms with E-state index in [-0.39, 0.29) is 12.2 Å². The summed E-state index contributed by atoms with van der Waals surface area (Å²) in [5, 5.41) is 19.6. The monoisotopic (exact) mass is 242 g/mol. The Morgan fingerprint density at radius 1 is 1.44 bits per heavy atom. The number of nitro groups is 1. The van der Waals surface area contributed by atoms with Crippen LogP contribution in [0.5, 0.6) is 0 Å². The van der Waals surface area contributed by atoms with Gasteiger partial charge in [-0.1, -0.05) is 18.2 Å². The molecule has 90 valence electrons. The van der Waals surface area contributed by atoms with Crippen molar-refractivity contribution in [2.24, 2.45) is 0 Å². The van der Waals surface area contributed by atoms with E-state index in [9.17, 15) is 10.1 Å². The summed E-state index contributed by atoms with van der Waals surface area (Å²) in [5.41, 5.74) is 0.664. The Morgan fingerprint density at radius 2 is 2.22 bits per heavy atom. The third kappa shape index (κ3) is 2.35. The molecule has 0 aliphatic rings. The molecule has 1 heterocycles. The van der Waals surface area contributed by atoms with Gasteiger partial charge in [-0.15, -0.1) is 0 Å². The van der Waals surface area contributed by atoms with Crippen LogP contribution in [0, 0.1) is 21.4 Å². The number of rotatable bonds is 4. The summed E-state index contributed by atoms with van der Waals surface area (Å²) in [6.45, 7) is 0.190. The fourth-order valence-electron chi connectivity index (χ4n) is 1.74. The van der Waals surface area contributed by atoms with Crippen molar-refractivity contribution in [3.63, 3.8) is 0 Å². The average Bonchev–Trinajstić information content (AvgIpc) is 2.78. The Kier molecular flexibility index (Phi) is 3.34. The number of imidazole rings is 1. The molecule has 2 aromatic rings. The molecule has 6 nitrogen and oxygen atoms in total. The van der Waals surface area contributed by atoms with Crippen molar-refractivity contribution in [1.82, 2.24) is 9.55 Å². The molecule has 0 atom stereocenters. The third-order valence-electron chi connectivity index (χ3n) is 2.58. The van der Waals surface area contributed by atoms with Gasteiger partial charge in [-0.3, -0.25) is 10.1 Å². The second kappa shape index (κ2) is 5.10. The van der Waals surface area contributed by atoms with Crippen LogP contribution in [0.25, 0.3) is 0 Å². The molecule has 1 aromatic carbocycles. The summed E-state index contributed by atoms with van der Waals surface area (Å²) in [6.07, 6.45) is 3.61. The average molecular weight is 242 g/mol. The van der Waals surface area contributed by atoms with E-state index in [0.717, 1.165) is 0 Å². The SMILES string of the molecule is N#CCn1ccnc1Cc1ccccc1[N+](=O)[O-]. The van der Waals surface area contributed by atoms with Crippen molar-refractivity contribution in [2.75, 3.05) is 0 Å². The Hall–Kier alpha value is -2.68. The number of hydrogen-bond acceptors (Lipinski definition) is 4. The number of nitriles is 1. The summed E-state index contributed by atoms with van der Waals surface area (Å²) in [4.78, 5) is 14.6. The predicted octanol–water partition coefficient (Wildman–Crippen LogP) is 1.91. The van der Waals surface area contributed by atoms with Gasteiger partial charge in [-0.05, 0) is 0 Å². The Morgan fingerprint density at radius 3 is 2.94 bits per heavy atom. The minimum absolute atomic E-state index is 0.0732. The van der Waals surface area contributed by atoms with Crippen LogP contribution in [0.3, 0.4) is 0 Å². The molecule has 0 amide bonds. The van der Waals surface area contributed by atoms with E-state index in [1.807, 2.05) is 6.07 Å². The fraction of sp³-hybridized carbons (Fsp3) is 0.167. The first-order chi connectivity index (χ1) is 8.72. The number of nitro benzene ring substituents is 1. The maximum Gasteiger partial charge on any atom is 0.273 e. The van der Waals surface area contributed by atoms with Gasteiger partial charge in [0.2, 0.25) is 0 Å². The lowest BCUT2D eigenvalue weighted by atomic mass is 10.1. The first-order valence-corrected chi connectivity index (χ1v) is 5.31. The van der Waals surface area contributed by atoms with Gasteiger partial charge in [0.25, 0.3) is 5.69 Å².